The average Bonchev–Trinajstić information content (AvgIpc) is 2.88. The zero-order valence-corrected chi connectivity index (χ0v) is 13.0. The molecule has 3 N–H and O–H groups in total. The molecule has 1 aromatic rings. The summed E-state index contributed by atoms with van der Waals surface area (Å²) in [6.45, 7) is 0.975. The van der Waals surface area contributed by atoms with Crippen molar-refractivity contribution in [3.63, 3.8) is 0 Å². The molecule has 1 heterocycles. The van der Waals surface area contributed by atoms with Gasteiger partial charge >= 0.3 is 0 Å². The molecule has 21 heavy (non-hydrogen) atoms. The molecule has 1 atom stereocenters. The van der Waals surface area contributed by atoms with E-state index in [0.29, 0.717) is 13.1 Å². The van der Waals surface area contributed by atoms with Crippen LogP contribution in [0.1, 0.15) is 30.4 Å². The highest BCUT2D eigenvalue weighted by Crippen LogP contribution is 2.24. The molecular weight excluding hydrogens is 286 g/mol. The molecule has 0 aromatic heterocycles. The third kappa shape index (κ3) is 3.13. The minimum atomic E-state index is -3.44. The molecule has 2 aliphatic rings. The quantitative estimate of drug-likeness (QED) is 0.864. The maximum absolute atomic E-state index is 12.6. The number of piperidine rings is 1. The van der Waals surface area contributed by atoms with Crippen molar-refractivity contribution < 1.29 is 8.42 Å². The van der Waals surface area contributed by atoms with Crippen LogP contribution in [-0.2, 0) is 23.1 Å². The fourth-order valence-electron chi connectivity index (χ4n) is 3.45. The van der Waals surface area contributed by atoms with E-state index in [1.54, 1.807) is 4.31 Å². The minimum absolute atomic E-state index is 0.0345. The monoisotopic (exact) mass is 309 g/mol. The lowest BCUT2D eigenvalue weighted by atomic mass is 10.1. The fraction of sp³-hybridized carbons (Fsp3) is 0.600. The summed E-state index contributed by atoms with van der Waals surface area (Å²) in [5.41, 5.74) is 8.23. The van der Waals surface area contributed by atoms with Crippen molar-refractivity contribution in [2.75, 3.05) is 13.1 Å². The van der Waals surface area contributed by atoms with Crippen molar-refractivity contribution in [3.8, 4) is 0 Å². The van der Waals surface area contributed by atoms with Gasteiger partial charge in [0.15, 0.2) is 0 Å². The molecule has 1 unspecified atom stereocenters. The predicted molar refractivity (Wildman–Crippen MR) is 83.1 cm³/mol. The van der Waals surface area contributed by atoms with E-state index in [1.807, 2.05) is 12.1 Å². The summed E-state index contributed by atoms with van der Waals surface area (Å²) in [5.74, 6) is 0. The van der Waals surface area contributed by atoms with E-state index < -0.39 is 10.2 Å². The van der Waals surface area contributed by atoms with Crippen LogP contribution in [0, 0.1) is 0 Å². The lowest BCUT2D eigenvalue weighted by molar-refractivity contribution is 0.253. The maximum atomic E-state index is 12.6. The van der Waals surface area contributed by atoms with E-state index in [0.717, 1.165) is 32.1 Å². The van der Waals surface area contributed by atoms with Gasteiger partial charge in [0.25, 0.3) is 10.2 Å². The van der Waals surface area contributed by atoms with Crippen LogP contribution >= 0.6 is 0 Å². The topological polar surface area (TPSA) is 75.4 Å². The third-order valence-electron chi connectivity index (χ3n) is 4.52. The zero-order valence-electron chi connectivity index (χ0n) is 12.2. The summed E-state index contributed by atoms with van der Waals surface area (Å²) in [4.78, 5) is 0. The number of nitrogens with one attached hydrogen (secondary N) is 1. The van der Waals surface area contributed by atoms with Crippen LogP contribution in [0.4, 0.5) is 0 Å². The highest BCUT2D eigenvalue weighted by Gasteiger charge is 2.34. The third-order valence-corrected chi connectivity index (χ3v) is 6.25. The number of nitrogens with zero attached hydrogens (tertiary/aromatic N) is 1. The molecule has 5 nitrogen and oxygen atoms in total. The van der Waals surface area contributed by atoms with Crippen molar-refractivity contribution in [1.82, 2.24) is 9.03 Å². The maximum Gasteiger partial charge on any atom is 0.280 e. The zero-order chi connectivity index (χ0) is 14.9. The summed E-state index contributed by atoms with van der Waals surface area (Å²) in [7, 11) is -3.44. The lowest BCUT2D eigenvalue weighted by Gasteiger charge is -2.34. The predicted octanol–water partition coefficient (Wildman–Crippen LogP) is 0.801. The van der Waals surface area contributed by atoms with Crippen molar-refractivity contribution in [2.45, 2.75) is 44.2 Å². The van der Waals surface area contributed by atoms with Crippen molar-refractivity contribution in [3.05, 3.63) is 35.4 Å². The highest BCUT2D eigenvalue weighted by atomic mass is 32.2. The Morgan fingerprint density at radius 3 is 2.48 bits per heavy atom. The molecule has 3 rings (SSSR count). The Bertz CT molecular complexity index is 578. The number of benzene rings is 1. The van der Waals surface area contributed by atoms with Crippen LogP contribution < -0.4 is 10.5 Å². The van der Waals surface area contributed by atoms with Crippen molar-refractivity contribution in [1.29, 1.82) is 0 Å². The number of nitrogens with two attached hydrogens (primary N) is 1. The van der Waals surface area contributed by atoms with Gasteiger partial charge in [-0.3, -0.25) is 0 Å². The van der Waals surface area contributed by atoms with Gasteiger partial charge in [-0.15, -0.1) is 0 Å². The van der Waals surface area contributed by atoms with Gasteiger partial charge in [0.05, 0.1) is 0 Å². The minimum Gasteiger partial charge on any atom is -0.329 e. The molecule has 1 aliphatic heterocycles. The van der Waals surface area contributed by atoms with E-state index >= 15 is 0 Å². The first-order valence-electron chi connectivity index (χ1n) is 7.66. The van der Waals surface area contributed by atoms with E-state index in [4.69, 9.17) is 5.73 Å². The number of rotatable bonds is 4. The molecule has 0 spiro atoms. The number of fused-ring (bicyclic) bond motifs is 1. The Morgan fingerprint density at radius 2 is 1.86 bits per heavy atom. The molecule has 1 fully saturated rings. The Morgan fingerprint density at radius 1 is 1.19 bits per heavy atom. The summed E-state index contributed by atoms with van der Waals surface area (Å²) in [6, 6.07) is 8.07. The first kappa shape index (κ1) is 15.0. The van der Waals surface area contributed by atoms with Gasteiger partial charge in [-0.2, -0.15) is 17.4 Å². The van der Waals surface area contributed by atoms with Gasteiger partial charge in [-0.25, -0.2) is 0 Å². The Hall–Kier alpha value is -0.950. The summed E-state index contributed by atoms with van der Waals surface area (Å²) in [6.07, 6.45) is 4.39. The normalized spacial score (nSPS) is 24.1. The lowest BCUT2D eigenvalue weighted by Crippen LogP contribution is -2.53. The molecule has 116 valence electrons. The number of hydrogen-bond donors (Lipinski definition) is 2. The van der Waals surface area contributed by atoms with Crippen LogP contribution in [0.2, 0.25) is 0 Å². The summed E-state index contributed by atoms with van der Waals surface area (Å²) < 4.78 is 29.7. The molecule has 6 heteroatoms. The van der Waals surface area contributed by atoms with E-state index in [2.05, 4.69) is 16.9 Å². The average molecular weight is 309 g/mol. The molecule has 0 radical (unpaired) electrons. The molecular formula is C15H23N3O2S. The second kappa shape index (κ2) is 6.04. The van der Waals surface area contributed by atoms with Gasteiger partial charge in [0, 0.05) is 25.2 Å². The van der Waals surface area contributed by atoms with Gasteiger partial charge in [-0.05, 0) is 36.8 Å². The summed E-state index contributed by atoms with van der Waals surface area (Å²) >= 11 is 0. The molecule has 0 saturated carbocycles. The second-order valence-corrected chi connectivity index (χ2v) is 7.65. The molecule has 1 saturated heterocycles. The van der Waals surface area contributed by atoms with Crippen molar-refractivity contribution >= 4 is 10.2 Å². The molecule has 1 aromatic carbocycles. The smallest absolute Gasteiger partial charge is 0.280 e. The van der Waals surface area contributed by atoms with Crippen LogP contribution in [-0.4, -0.2) is 37.9 Å². The van der Waals surface area contributed by atoms with E-state index in [1.165, 1.54) is 11.1 Å². The van der Waals surface area contributed by atoms with Crippen LogP contribution in [0.5, 0.6) is 0 Å². The van der Waals surface area contributed by atoms with Gasteiger partial charge in [-0.1, -0.05) is 30.7 Å². The Kier molecular flexibility index (Phi) is 4.31. The Labute approximate surface area is 126 Å². The Balaban J connectivity index is 1.70. The standard InChI is InChI=1S/C15H23N3O2S/c16-11-15-7-3-4-8-18(15)21(19,20)17-14-9-12-5-1-2-6-13(12)10-14/h1-2,5-6,14-15,17H,3-4,7-11,16H2. The van der Waals surface area contributed by atoms with E-state index in [-0.39, 0.29) is 12.1 Å². The van der Waals surface area contributed by atoms with E-state index in [9.17, 15) is 8.42 Å². The molecule has 0 amide bonds. The van der Waals surface area contributed by atoms with Crippen LogP contribution in [0.3, 0.4) is 0 Å². The van der Waals surface area contributed by atoms with Gasteiger partial charge in [0.2, 0.25) is 0 Å². The van der Waals surface area contributed by atoms with Gasteiger partial charge < -0.3 is 5.73 Å². The van der Waals surface area contributed by atoms with Gasteiger partial charge in [0.1, 0.15) is 0 Å². The van der Waals surface area contributed by atoms with Crippen molar-refractivity contribution in [2.24, 2.45) is 5.73 Å². The SMILES string of the molecule is NCC1CCCCN1S(=O)(=O)NC1Cc2ccccc2C1. The molecule has 1 aliphatic carbocycles. The first-order chi connectivity index (χ1) is 10.1. The van der Waals surface area contributed by atoms with Crippen LogP contribution in [0.25, 0.3) is 0 Å². The second-order valence-electron chi connectivity index (χ2n) is 5.99. The van der Waals surface area contributed by atoms with Crippen LogP contribution in [0.15, 0.2) is 24.3 Å². The molecule has 0 bridgehead atoms. The number of hydrogen-bond acceptors (Lipinski definition) is 3. The fourth-order valence-corrected chi connectivity index (χ4v) is 5.12. The largest absolute Gasteiger partial charge is 0.329 e. The highest BCUT2D eigenvalue weighted by molar-refractivity contribution is 7.87. The first-order valence-corrected chi connectivity index (χ1v) is 9.10. The summed E-state index contributed by atoms with van der Waals surface area (Å²) in [5, 5.41) is 0.